The first-order valence-electron chi connectivity index (χ1n) is 5.18. The Balaban J connectivity index is 0. The van der Waals surface area contributed by atoms with E-state index in [-0.39, 0.29) is 29.7 Å². The summed E-state index contributed by atoms with van der Waals surface area (Å²) in [6.45, 7) is 4.13. The number of nitrogens with zero attached hydrogens (tertiary/aromatic N) is 1. The van der Waals surface area contributed by atoms with E-state index in [2.05, 4.69) is 15.6 Å². The molecule has 0 unspecified atom stereocenters. The Morgan fingerprint density at radius 1 is 1.35 bits per heavy atom. The minimum atomic E-state index is -2.93. The number of aliphatic imine (C=N–C) groups is 1. The molecule has 2 N–H and O–H groups in total. The molecule has 0 saturated carbocycles. The third-order valence-electron chi connectivity index (χ3n) is 1.67. The van der Waals surface area contributed by atoms with Crippen LogP contribution in [0.2, 0.25) is 0 Å². The standard InChI is InChI=1S/C9H21N3O3S.HI/c1-4-10-9(11-5-7-15-2)12-6-8-16(3,13)14;/h4-8H2,1-3H3,(H2,10,11,12);1H. The van der Waals surface area contributed by atoms with Crippen molar-refractivity contribution in [1.29, 1.82) is 0 Å². The number of nitrogens with one attached hydrogen (secondary N) is 2. The summed E-state index contributed by atoms with van der Waals surface area (Å²) in [6.07, 6.45) is 1.21. The van der Waals surface area contributed by atoms with Crippen LogP contribution in [0.15, 0.2) is 4.99 Å². The van der Waals surface area contributed by atoms with Crippen molar-refractivity contribution in [3.8, 4) is 0 Å². The quantitative estimate of drug-likeness (QED) is 0.278. The molecule has 0 amide bonds. The van der Waals surface area contributed by atoms with Crippen LogP contribution in [0.1, 0.15) is 6.92 Å². The lowest BCUT2D eigenvalue weighted by Gasteiger charge is -2.10. The maximum Gasteiger partial charge on any atom is 0.191 e. The zero-order valence-corrected chi connectivity index (χ0v) is 13.7. The first-order chi connectivity index (χ1) is 7.49. The number of hydrogen-bond acceptors (Lipinski definition) is 4. The maximum absolute atomic E-state index is 10.9. The largest absolute Gasteiger partial charge is 0.383 e. The third-order valence-corrected chi connectivity index (χ3v) is 2.62. The molecule has 0 aliphatic heterocycles. The Morgan fingerprint density at radius 3 is 2.47 bits per heavy atom. The molecule has 104 valence electrons. The van der Waals surface area contributed by atoms with Gasteiger partial charge in [0.25, 0.3) is 0 Å². The average Bonchev–Trinajstić information content (AvgIpc) is 2.16. The zero-order chi connectivity index (χ0) is 12.4. The van der Waals surface area contributed by atoms with Crippen LogP contribution < -0.4 is 10.6 Å². The fourth-order valence-corrected chi connectivity index (χ4v) is 1.42. The Kier molecular flexibility index (Phi) is 12.5. The van der Waals surface area contributed by atoms with Gasteiger partial charge in [-0.1, -0.05) is 0 Å². The van der Waals surface area contributed by atoms with Crippen molar-refractivity contribution in [3.05, 3.63) is 0 Å². The number of rotatable bonds is 7. The molecule has 0 heterocycles. The van der Waals surface area contributed by atoms with E-state index in [0.29, 0.717) is 25.7 Å². The van der Waals surface area contributed by atoms with Crippen LogP contribution in [-0.2, 0) is 14.6 Å². The summed E-state index contributed by atoms with van der Waals surface area (Å²) in [7, 11) is -1.32. The molecule has 0 bridgehead atoms. The molecule has 0 radical (unpaired) electrons. The average molecular weight is 379 g/mol. The molecule has 0 aromatic rings. The molecular formula is C9H22IN3O3S. The number of hydrogen-bond donors (Lipinski definition) is 2. The second kappa shape index (κ2) is 11.0. The summed E-state index contributed by atoms with van der Waals surface area (Å²) in [5.74, 6) is 0.713. The number of halogens is 1. The van der Waals surface area contributed by atoms with E-state index in [1.54, 1.807) is 7.11 Å². The summed E-state index contributed by atoms with van der Waals surface area (Å²) in [5.41, 5.74) is 0. The van der Waals surface area contributed by atoms with E-state index >= 15 is 0 Å². The van der Waals surface area contributed by atoms with Crippen molar-refractivity contribution in [1.82, 2.24) is 10.6 Å². The van der Waals surface area contributed by atoms with Crippen LogP contribution in [0.5, 0.6) is 0 Å². The highest BCUT2D eigenvalue weighted by molar-refractivity contribution is 14.0. The molecule has 17 heavy (non-hydrogen) atoms. The first-order valence-corrected chi connectivity index (χ1v) is 7.24. The van der Waals surface area contributed by atoms with E-state index in [1.165, 1.54) is 6.26 Å². The molecule has 0 aromatic heterocycles. The van der Waals surface area contributed by atoms with Crippen LogP contribution >= 0.6 is 24.0 Å². The highest BCUT2D eigenvalue weighted by atomic mass is 127. The molecule has 0 aliphatic rings. The van der Waals surface area contributed by atoms with E-state index in [1.807, 2.05) is 6.92 Å². The lowest BCUT2D eigenvalue weighted by atomic mass is 10.6. The normalized spacial score (nSPS) is 11.8. The van der Waals surface area contributed by atoms with Crippen LogP contribution in [0.3, 0.4) is 0 Å². The van der Waals surface area contributed by atoms with Gasteiger partial charge in [-0.15, -0.1) is 24.0 Å². The van der Waals surface area contributed by atoms with Crippen molar-refractivity contribution in [2.45, 2.75) is 6.92 Å². The topological polar surface area (TPSA) is 79.8 Å². The number of guanidine groups is 1. The third kappa shape index (κ3) is 13.8. The van der Waals surface area contributed by atoms with Crippen molar-refractivity contribution in [3.63, 3.8) is 0 Å². The zero-order valence-electron chi connectivity index (χ0n) is 10.5. The molecule has 0 aliphatic carbocycles. The van der Waals surface area contributed by atoms with Gasteiger partial charge in [0.2, 0.25) is 0 Å². The minimum Gasteiger partial charge on any atom is -0.383 e. The smallest absolute Gasteiger partial charge is 0.191 e. The molecular weight excluding hydrogens is 357 g/mol. The second-order valence-corrected chi connectivity index (χ2v) is 5.57. The molecule has 6 nitrogen and oxygen atoms in total. The van der Waals surface area contributed by atoms with E-state index < -0.39 is 9.84 Å². The van der Waals surface area contributed by atoms with Gasteiger partial charge in [-0.25, -0.2) is 8.42 Å². The number of sulfone groups is 1. The Bertz CT molecular complexity index is 307. The van der Waals surface area contributed by atoms with Crippen molar-refractivity contribution in [2.24, 2.45) is 4.99 Å². The van der Waals surface area contributed by atoms with Crippen molar-refractivity contribution in [2.75, 3.05) is 45.4 Å². The van der Waals surface area contributed by atoms with Crippen LogP contribution in [0.4, 0.5) is 0 Å². The summed E-state index contributed by atoms with van der Waals surface area (Å²) in [4.78, 5) is 4.20. The Morgan fingerprint density at radius 2 is 2.00 bits per heavy atom. The second-order valence-electron chi connectivity index (χ2n) is 3.31. The monoisotopic (exact) mass is 379 g/mol. The fraction of sp³-hybridized carbons (Fsp3) is 0.889. The first kappa shape index (κ1) is 19.3. The van der Waals surface area contributed by atoms with Crippen LogP contribution in [-0.4, -0.2) is 59.7 Å². The molecule has 8 heteroatoms. The van der Waals surface area contributed by atoms with Gasteiger partial charge in [-0.2, -0.15) is 0 Å². The van der Waals surface area contributed by atoms with Gasteiger partial charge >= 0.3 is 0 Å². The molecule has 0 atom stereocenters. The molecule has 0 fully saturated rings. The van der Waals surface area contributed by atoms with Crippen LogP contribution in [0.25, 0.3) is 0 Å². The van der Waals surface area contributed by atoms with E-state index in [4.69, 9.17) is 4.74 Å². The molecule has 0 saturated heterocycles. The predicted molar refractivity (Wildman–Crippen MR) is 81.0 cm³/mol. The highest BCUT2D eigenvalue weighted by Gasteiger charge is 2.02. The Hall–Kier alpha value is -0.0900. The van der Waals surface area contributed by atoms with Gasteiger partial charge < -0.3 is 15.4 Å². The SMILES string of the molecule is CCNC(=NCCOC)NCCS(C)(=O)=O.I. The summed E-state index contributed by atoms with van der Waals surface area (Å²) >= 11 is 0. The van der Waals surface area contributed by atoms with E-state index in [9.17, 15) is 8.42 Å². The fourth-order valence-electron chi connectivity index (χ4n) is 0.945. The summed E-state index contributed by atoms with van der Waals surface area (Å²) in [5, 5.41) is 5.96. The van der Waals surface area contributed by atoms with Crippen molar-refractivity contribution >= 4 is 39.8 Å². The molecule has 0 aromatic carbocycles. The maximum atomic E-state index is 10.9. The van der Waals surface area contributed by atoms with Crippen LogP contribution in [0, 0.1) is 0 Å². The predicted octanol–water partition coefficient (Wildman–Crippen LogP) is -0.149. The number of ether oxygens (including phenoxy) is 1. The van der Waals surface area contributed by atoms with Gasteiger partial charge in [0, 0.05) is 26.5 Å². The molecule has 0 spiro atoms. The summed E-state index contributed by atoms with van der Waals surface area (Å²) in [6, 6.07) is 0. The lowest BCUT2D eigenvalue weighted by Crippen LogP contribution is -2.39. The van der Waals surface area contributed by atoms with Gasteiger partial charge in [-0.05, 0) is 6.92 Å². The van der Waals surface area contributed by atoms with Gasteiger partial charge in [0.1, 0.15) is 9.84 Å². The van der Waals surface area contributed by atoms with Crippen molar-refractivity contribution < 1.29 is 13.2 Å². The molecule has 0 rings (SSSR count). The van der Waals surface area contributed by atoms with E-state index in [0.717, 1.165) is 6.54 Å². The minimum absolute atomic E-state index is 0. The van der Waals surface area contributed by atoms with Gasteiger partial charge in [0.05, 0.1) is 18.9 Å². The highest BCUT2D eigenvalue weighted by Crippen LogP contribution is 1.80. The summed E-state index contributed by atoms with van der Waals surface area (Å²) < 4.78 is 26.7. The van der Waals surface area contributed by atoms with Gasteiger partial charge in [-0.3, -0.25) is 4.99 Å². The van der Waals surface area contributed by atoms with Gasteiger partial charge in [0.15, 0.2) is 5.96 Å². The number of methoxy groups -OCH3 is 1. The Labute approximate surface area is 121 Å². The lowest BCUT2D eigenvalue weighted by molar-refractivity contribution is 0.208.